The molecule has 1 aromatic carbocycles. The number of rotatable bonds is 4. The zero-order chi connectivity index (χ0) is 25.2. The maximum absolute atomic E-state index is 13.4. The van der Waals surface area contributed by atoms with E-state index in [2.05, 4.69) is 15.8 Å². The summed E-state index contributed by atoms with van der Waals surface area (Å²) in [7, 11) is 0. The van der Waals surface area contributed by atoms with Gasteiger partial charge in [-0.15, -0.1) is 13.2 Å². The van der Waals surface area contributed by atoms with E-state index in [0.717, 1.165) is 23.5 Å². The molecule has 2 saturated heterocycles. The Morgan fingerprint density at radius 1 is 1.11 bits per heavy atom. The number of halogens is 3. The topological polar surface area (TPSA) is 81.3 Å². The Morgan fingerprint density at radius 3 is 2.34 bits per heavy atom. The van der Waals surface area contributed by atoms with Crippen LogP contribution in [-0.2, 0) is 0 Å². The number of alkyl halides is 3. The summed E-state index contributed by atoms with van der Waals surface area (Å²) in [5.41, 5.74) is 1.81. The number of hydrogen-bond acceptors (Lipinski definition) is 5. The third-order valence-electron chi connectivity index (χ3n) is 6.90. The minimum absolute atomic E-state index is 0.0143. The van der Waals surface area contributed by atoms with Crippen molar-refractivity contribution in [3.05, 3.63) is 29.8 Å². The number of nitrogens with zero attached hydrogens (tertiary/aromatic N) is 5. The van der Waals surface area contributed by atoms with E-state index in [4.69, 9.17) is 10.3 Å². The van der Waals surface area contributed by atoms with Gasteiger partial charge < -0.3 is 14.5 Å². The molecular formula is C25H30F3N5O2. The lowest BCUT2D eigenvalue weighted by Crippen LogP contribution is -2.52. The van der Waals surface area contributed by atoms with Crippen molar-refractivity contribution in [2.75, 3.05) is 32.7 Å². The fourth-order valence-corrected chi connectivity index (χ4v) is 4.99. The number of piperidine rings is 2. The van der Waals surface area contributed by atoms with E-state index in [0.29, 0.717) is 45.6 Å². The number of ether oxygens (including phenoxy) is 1. The molecule has 2 unspecified atom stereocenters. The lowest BCUT2D eigenvalue weighted by atomic mass is 9.82. The van der Waals surface area contributed by atoms with E-state index >= 15 is 0 Å². The van der Waals surface area contributed by atoms with Crippen LogP contribution in [0, 0.1) is 29.1 Å². The molecule has 0 spiro atoms. The highest BCUT2D eigenvalue weighted by molar-refractivity contribution is 6.05. The molecule has 7 nitrogen and oxygen atoms in total. The fourth-order valence-electron chi connectivity index (χ4n) is 4.99. The van der Waals surface area contributed by atoms with Crippen LogP contribution < -0.4 is 4.74 Å². The summed E-state index contributed by atoms with van der Waals surface area (Å²) in [6.45, 7) is 6.70. The number of aliphatic imine (C=N–C) groups is 2. The first kappa shape index (κ1) is 25.0. The second-order valence-electron chi connectivity index (χ2n) is 9.76. The molecule has 3 aliphatic heterocycles. The van der Waals surface area contributed by atoms with Gasteiger partial charge in [0.1, 0.15) is 11.6 Å². The van der Waals surface area contributed by atoms with E-state index in [-0.39, 0.29) is 35.5 Å². The fraction of sp³-hybridized carbons (Fsp3) is 0.600. The van der Waals surface area contributed by atoms with Gasteiger partial charge in [0, 0.05) is 55.6 Å². The summed E-state index contributed by atoms with van der Waals surface area (Å²) in [6, 6.07) is 8.14. The van der Waals surface area contributed by atoms with Crippen molar-refractivity contribution in [1.29, 1.82) is 5.26 Å². The molecule has 1 aromatic rings. The van der Waals surface area contributed by atoms with Gasteiger partial charge in [-0.25, -0.2) is 9.79 Å². The first-order chi connectivity index (χ1) is 16.6. The van der Waals surface area contributed by atoms with Crippen molar-refractivity contribution < 1.29 is 22.7 Å². The van der Waals surface area contributed by atoms with E-state index in [9.17, 15) is 18.0 Å². The van der Waals surface area contributed by atoms with Crippen LogP contribution in [0.3, 0.4) is 0 Å². The van der Waals surface area contributed by atoms with E-state index < -0.39 is 6.36 Å². The van der Waals surface area contributed by atoms with Crippen LogP contribution in [0.4, 0.5) is 18.0 Å². The molecule has 0 radical (unpaired) electrons. The summed E-state index contributed by atoms with van der Waals surface area (Å²) in [5, 5.41) is 9.16. The largest absolute Gasteiger partial charge is 0.573 e. The number of likely N-dealkylation sites (tertiary alicyclic amines) is 2. The molecular weight excluding hydrogens is 459 g/mol. The second-order valence-corrected chi connectivity index (χ2v) is 9.76. The molecule has 4 rings (SSSR count). The molecule has 3 heterocycles. The second kappa shape index (κ2) is 10.3. The lowest BCUT2D eigenvalue weighted by molar-refractivity contribution is -0.274. The average Bonchev–Trinajstić information content (AvgIpc) is 3.34. The Morgan fingerprint density at radius 2 is 1.77 bits per heavy atom. The predicted molar refractivity (Wildman–Crippen MR) is 125 cm³/mol. The number of carbonyl (C=O) groups excluding carboxylic acids is 1. The van der Waals surface area contributed by atoms with Gasteiger partial charge in [0.25, 0.3) is 0 Å². The van der Waals surface area contributed by atoms with Gasteiger partial charge in [0.2, 0.25) is 0 Å². The molecule has 0 aliphatic carbocycles. The minimum atomic E-state index is -4.74. The smallest absolute Gasteiger partial charge is 0.406 e. The summed E-state index contributed by atoms with van der Waals surface area (Å²) in [4.78, 5) is 26.4. The van der Waals surface area contributed by atoms with Crippen molar-refractivity contribution in [1.82, 2.24) is 9.80 Å². The van der Waals surface area contributed by atoms with Crippen LogP contribution in [-0.4, -0.2) is 66.5 Å². The molecule has 0 N–H and O–H groups in total. The maximum atomic E-state index is 13.4. The monoisotopic (exact) mass is 489 g/mol. The van der Waals surface area contributed by atoms with Gasteiger partial charge in [0.05, 0.1) is 12.6 Å². The molecule has 0 saturated carbocycles. The normalized spacial score (nSPS) is 23.7. The van der Waals surface area contributed by atoms with Gasteiger partial charge in [-0.05, 0) is 37.0 Å². The zero-order valence-electron chi connectivity index (χ0n) is 20.0. The van der Waals surface area contributed by atoms with Crippen molar-refractivity contribution in [2.24, 2.45) is 27.7 Å². The first-order valence-electron chi connectivity index (χ1n) is 12.0. The number of hydrogen-bond donors (Lipinski definition) is 0. The summed E-state index contributed by atoms with van der Waals surface area (Å²) >= 11 is 0. The molecule has 2 atom stereocenters. The maximum Gasteiger partial charge on any atom is 0.573 e. The lowest BCUT2D eigenvalue weighted by Gasteiger charge is -2.41. The highest BCUT2D eigenvalue weighted by Crippen LogP contribution is 2.34. The van der Waals surface area contributed by atoms with Gasteiger partial charge >= 0.3 is 12.4 Å². The Hall–Kier alpha value is -3.09. The van der Waals surface area contributed by atoms with E-state index in [1.54, 1.807) is 17.0 Å². The molecule has 0 bridgehead atoms. The molecule has 10 heteroatoms. The van der Waals surface area contributed by atoms with E-state index in [1.807, 2.05) is 18.7 Å². The molecule has 3 aliphatic rings. The Bertz CT molecular complexity index is 1020. The number of carbonyl (C=O) groups is 1. The van der Waals surface area contributed by atoms with Gasteiger partial charge in [-0.2, -0.15) is 5.26 Å². The molecule has 35 heavy (non-hydrogen) atoms. The molecule has 2 fully saturated rings. The Balaban J connectivity index is 1.53. The van der Waals surface area contributed by atoms with Crippen molar-refractivity contribution in [2.45, 2.75) is 45.4 Å². The van der Waals surface area contributed by atoms with Crippen molar-refractivity contribution in [3.8, 4) is 11.8 Å². The quantitative estimate of drug-likeness (QED) is 0.606. The zero-order valence-corrected chi connectivity index (χ0v) is 20.0. The third-order valence-corrected chi connectivity index (χ3v) is 6.90. The van der Waals surface area contributed by atoms with Crippen LogP contribution in [0.5, 0.6) is 5.75 Å². The Kier molecular flexibility index (Phi) is 7.33. The van der Waals surface area contributed by atoms with Gasteiger partial charge in [-0.3, -0.25) is 4.99 Å². The third kappa shape index (κ3) is 6.13. The predicted octanol–water partition coefficient (Wildman–Crippen LogP) is 4.86. The standard InChI is InChI=1S/C25H30F3N5O2/c1-16(2)23-30-13-22(31-23)20-11-19(18-3-5-21(6-4-18)35-25(26,27)28)14-33(15-20)24(34)32-9-7-17(12-29)8-10-32/h3-6,16-17,19-20H,7-11,13-15H2,1-2H3. The van der Waals surface area contributed by atoms with Crippen LogP contribution >= 0.6 is 0 Å². The van der Waals surface area contributed by atoms with Gasteiger partial charge in [-0.1, -0.05) is 26.0 Å². The summed E-state index contributed by atoms with van der Waals surface area (Å²) in [6.07, 6.45) is -2.67. The first-order valence-corrected chi connectivity index (χ1v) is 12.0. The highest BCUT2D eigenvalue weighted by atomic mass is 19.4. The van der Waals surface area contributed by atoms with Crippen LogP contribution in [0.2, 0.25) is 0 Å². The molecule has 188 valence electrons. The van der Waals surface area contributed by atoms with Crippen molar-refractivity contribution in [3.63, 3.8) is 0 Å². The van der Waals surface area contributed by atoms with Crippen LogP contribution in [0.15, 0.2) is 34.3 Å². The SMILES string of the molecule is CC(C)C1=NCC(C2CC(c3ccc(OC(F)(F)F)cc3)CN(C(=O)N3CCC(C#N)CC3)C2)=N1. The van der Waals surface area contributed by atoms with Crippen molar-refractivity contribution >= 4 is 17.6 Å². The summed E-state index contributed by atoms with van der Waals surface area (Å²) < 4.78 is 41.7. The minimum Gasteiger partial charge on any atom is -0.406 e. The Labute approximate surface area is 203 Å². The highest BCUT2D eigenvalue weighted by Gasteiger charge is 2.37. The van der Waals surface area contributed by atoms with E-state index in [1.165, 1.54) is 12.1 Å². The number of urea groups is 1. The molecule has 0 aromatic heterocycles. The van der Waals surface area contributed by atoms with Crippen LogP contribution in [0.1, 0.15) is 44.6 Å². The van der Waals surface area contributed by atoms with Crippen LogP contribution in [0.25, 0.3) is 0 Å². The van der Waals surface area contributed by atoms with Gasteiger partial charge in [0.15, 0.2) is 0 Å². The number of amides is 2. The summed E-state index contributed by atoms with van der Waals surface area (Å²) in [5.74, 6) is 0.704. The average molecular weight is 490 g/mol. The number of nitriles is 1. The number of amidine groups is 1. The number of benzene rings is 1. The molecule has 2 amide bonds.